The van der Waals surface area contributed by atoms with Crippen molar-refractivity contribution in [3.05, 3.63) is 69.8 Å². The number of benzene rings is 2. The summed E-state index contributed by atoms with van der Waals surface area (Å²) in [6.07, 6.45) is 0. The van der Waals surface area contributed by atoms with Crippen molar-refractivity contribution in [2.75, 3.05) is 5.73 Å². The second-order valence-corrected chi connectivity index (χ2v) is 8.51. The van der Waals surface area contributed by atoms with E-state index in [4.69, 9.17) is 16.0 Å². The number of hydrogen-bond acceptors (Lipinski definition) is 7. The van der Waals surface area contributed by atoms with Gasteiger partial charge >= 0.3 is 0 Å². The van der Waals surface area contributed by atoms with Gasteiger partial charge < -0.3 is 5.73 Å². The first-order valence-electron chi connectivity index (χ1n) is 6.94. The van der Waals surface area contributed by atoms with Gasteiger partial charge in [0, 0.05) is 17.8 Å². The second kappa shape index (κ2) is 8.71. The Labute approximate surface area is 150 Å². The van der Waals surface area contributed by atoms with Gasteiger partial charge in [0.15, 0.2) is 0 Å². The van der Waals surface area contributed by atoms with Gasteiger partial charge in [0.1, 0.15) is 0 Å². The van der Waals surface area contributed by atoms with Crippen LogP contribution in [0, 0.1) is 10.1 Å². The topological polar surface area (TPSA) is 189 Å². The minimum Gasteiger partial charge on any atom is -0.399 e. The molecule has 0 amide bonds. The molecule has 0 fully saturated rings. The number of primary sulfonamides is 2. The minimum absolute atomic E-state index is 0.0804. The summed E-state index contributed by atoms with van der Waals surface area (Å²) in [6, 6.07) is 11.8. The minimum atomic E-state index is -3.58. The van der Waals surface area contributed by atoms with E-state index in [0.29, 0.717) is 16.8 Å². The lowest BCUT2D eigenvalue weighted by molar-refractivity contribution is -0.384. The third kappa shape index (κ3) is 9.08. The van der Waals surface area contributed by atoms with Crippen LogP contribution in [0.5, 0.6) is 0 Å². The number of nitro benzene ring substituents is 1. The van der Waals surface area contributed by atoms with Crippen LogP contribution in [0.25, 0.3) is 0 Å². The van der Waals surface area contributed by atoms with E-state index in [1.165, 1.54) is 24.3 Å². The maximum absolute atomic E-state index is 10.7. The summed E-state index contributed by atoms with van der Waals surface area (Å²) in [7, 11) is -7.01. The van der Waals surface area contributed by atoms with Crippen LogP contribution in [0.4, 0.5) is 11.4 Å². The van der Waals surface area contributed by atoms with E-state index in [1.807, 2.05) is 0 Å². The lowest BCUT2D eigenvalue weighted by Crippen LogP contribution is -2.14. The van der Waals surface area contributed by atoms with Crippen molar-refractivity contribution in [3.63, 3.8) is 0 Å². The summed E-state index contributed by atoms with van der Waals surface area (Å²) < 4.78 is 42.6. The van der Waals surface area contributed by atoms with Gasteiger partial charge in [-0.2, -0.15) is 0 Å². The maximum Gasteiger partial charge on any atom is 0.269 e. The zero-order chi connectivity index (χ0) is 20.0. The fourth-order valence-corrected chi connectivity index (χ4v) is 3.11. The van der Waals surface area contributed by atoms with E-state index in [2.05, 4.69) is 0 Å². The highest BCUT2D eigenvalue weighted by Gasteiger charge is 2.08. The lowest BCUT2D eigenvalue weighted by Gasteiger charge is -1.98. The number of non-ortho nitro benzene ring substituents is 1. The molecule has 0 saturated heterocycles. The molecule has 12 heteroatoms. The zero-order valence-electron chi connectivity index (χ0n) is 13.5. The third-order valence-corrected chi connectivity index (χ3v) is 4.33. The normalized spacial score (nSPS) is 11.3. The predicted octanol–water partition coefficient (Wildman–Crippen LogP) is 0.441. The van der Waals surface area contributed by atoms with E-state index >= 15 is 0 Å². The van der Waals surface area contributed by atoms with Gasteiger partial charge in [-0.25, -0.2) is 27.1 Å². The summed E-state index contributed by atoms with van der Waals surface area (Å²) in [5.74, 6) is -0.460. The number of rotatable bonds is 5. The molecule has 0 bridgehead atoms. The van der Waals surface area contributed by atoms with Crippen LogP contribution in [0.1, 0.15) is 11.1 Å². The molecule has 0 radical (unpaired) electrons. The Kier molecular flexibility index (Phi) is 7.20. The molecule has 0 saturated carbocycles. The Balaban J connectivity index is 0.000000263. The first kappa shape index (κ1) is 21.5. The van der Waals surface area contributed by atoms with Gasteiger partial charge in [-0.15, -0.1) is 0 Å². The number of hydrogen-bond donors (Lipinski definition) is 3. The molecule has 0 aliphatic carbocycles. The smallest absolute Gasteiger partial charge is 0.269 e. The fourth-order valence-electron chi connectivity index (χ4n) is 1.79. The van der Waals surface area contributed by atoms with Crippen molar-refractivity contribution in [1.82, 2.24) is 0 Å². The summed E-state index contributed by atoms with van der Waals surface area (Å²) in [6.45, 7) is 0. The molecule has 0 unspecified atom stereocenters. The summed E-state index contributed by atoms with van der Waals surface area (Å²) in [5, 5.41) is 19.9. The number of nitrogens with two attached hydrogens (primary N) is 3. The average molecular weight is 402 g/mol. The van der Waals surface area contributed by atoms with Crippen LogP contribution >= 0.6 is 0 Å². The molecule has 0 atom stereocenters. The van der Waals surface area contributed by atoms with Crippen molar-refractivity contribution in [1.29, 1.82) is 0 Å². The molecule has 2 aromatic rings. The second-order valence-electron chi connectivity index (χ2n) is 5.28. The Hall–Kier alpha value is -2.54. The number of nitrogens with zero attached hydrogens (tertiary/aromatic N) is 1. The van der Waals surface area contributed by atoms with E-state index in [-0.39, 0.29) is 17.2 Å². The fraction of sp³-hybridized carbons (Fsp3) is 0.143. The Morgan fingerprint density at radius 1 is 0.769 bits per heavy atom. The lowest BCUT2D eigenvalue weighted by atomic mass is 10.2. The van der Waals surface area contributed by atoms with Crippen molar-refractivity contribution in [2.24, 2.45) is 10.3 Å². The molecule has 10 nitrogen and oxygen atoms in total. The van der Waals surface area contributed by atoms with Crippen LogP contribution in [-0.4, -0.2) is 21.8 Å². The first-order chi connectivity index (χ1) is 11.9. The molecule has 0 spiro atoms. The van der Waals surface area contributed by atoms with Crippen molar-refractivity contribution < 1.29 is 21.8 Å². The van der Waals surface area contributed by atoms with Crippen molar-refractivity contribution in [3.8, 4) is 0 Å². The van der Waals surface area contributed by atoms with Gasteiger partial charge in [-0.3, -0.25) is 10.1 Å². The standard InChI is InChI=1S/C7H8N2O4S.C7H10N2O2S/c8-14(12,13)5-6-1-3-7(4-2-6)9(10)11;8-7-3-1-6(2-4-7)5-12(9,10)11/h1-4H,5H2,(H2,8,12,13);1-4H,5,8H2,(H2,9,10,11). The van der Waals surface area contributed by atoms with Crippen LogP contribution in [0.3, 0.4) is 0 Å². The molecular formula is C14H18N4O6S2. The molecule has 2 aromatic carbocycles. The molecule has 26 heavy (non-hydrogen) atoms. The van der Waals surface area contributed by atoms with E-state index in [9.17, 15) is 26.9 Å². The largest absolute Gasteiger partial charge is 0.399 e. The van der Waals surface area contributed by atoms with Crippen LogP contribution in [-0.2, 0) is 31.6 Å². The summed E-state index contributed by atoms with van der Waals surface area (Å²) in [4.78, 5) is 9.71. The van der Waals surface area contributed by atoms with E-state index in [0.717, 1.165) is 0 Å². The SMILES string of the molecule is NS(=O)(=O)Cc1ccc([N+](=O)[O-])cc1.Nc1ccc(CS(N)(=O)=O)cc1. The van der Waals surface area contributed by atoms with E-state index < -0.39 is 25.0 Å². The quantitative estimate of drug-likeness (QED) is 0.367. The van der Waals surface area contributed by atoms with Crippen molar-refractivity contribution >= 4 is 31.4 Å². The van der Waals surface area contributed by atoms with Gasteiger partial charge in [-0.1, -0.05) is 24.3 Å². The monoisotopic (exact) mass is 402 g/mol. The zero-order valence-corrected chi connectivity index (χ0v) is 15.1. The average Bonchev–Trinajstić information content (AvgIpc) is 2.48. The van der Waals surface area contributed by atoms with Gasteiger partial charge in [0.05, 0.1) is 16.4 Å². The van der Waals surface area contributed by atoms with Gasteiger partial charge in [0.25, 0.3) is 5.69 Å². The number of nitro groups is 1. The molecule has 0 heterocycles. The highest BCUT2D eigenvalue weighted by molar-refractivity contribution is 7.88. The van der Waals surface area contributed by atoms with Crippen molar-refractivity contribution in [2.45, 2.75) is 11.5 Å². The number of nitrogen functional groups attached to an aromatic ring is 1. The summed E-state index contributed by atoms with van der Waals surface area (Å²) >= 11 is 0. The number of anilines is 1. The highest BCUT2D eigenvalue weighted by atomic mass is 32.2. The molecule has 142 valence electrons. The molecule has 6 N–H and O–H groups in total. The highest BCUT2D eigenvalue weighted by Crippen LogP contribution is 2.13. The van der Waals surface area contributed by atoms with Gasteiger partial charge in [0.2, 0.25) is 20.0 Å². The van der Waals surface area contributed by atoms with Crippen LogP contribution in [0.15, 0.2) is 48.5 Å². The third-order valence-electron chi connectivity index (χ3n) is 2.86. The molecular weight excluding hydrogens is 384 g/mol. The molecule has 2 rings (SSSR count). The van der Waals surface area contributed by atoms with Gasteiger partial charge in [-0.05, 0) is 23.3 Å². The van der Waals surface area contributed by atoms with Crippen LogP contribution in [0.2, 0.25) is 0 Å². The Morgan fingerprint density at radius 2 is 1.12 bits per heavy atom. The Bertz CT molecular complexity index is 956. The molecule has 0 aromatic heterocycles. The molecule has 0 aliphatic rings. The number of sulfonamides is 2. The predicted molar refractivity (Wildman–Crippen MR) is 97.6 cm³/mol. The van der Waals surface area contributed by atoms with E-state index in [1.54, 1.807) is 24.3 Å². The maximum atomic E-state index is 10.7. The summed E-state index contributed by atoms with van der Waals surface area (Å²) in [5.41, 5.74) is 7.01. The Morgan fingerprint density at radius 3 is 1.42 bits per heavy atom. The first-order valence-corrected chi connectivity index (χ1v) is 10.4. The van der Waals surface area contributed by atoms with Crippen LogP contribution < -0.4 is 16.0 Å². The molecule has 0 aliphatic heterocycles.